The Balaban J connectivity index is 1.31. The zero-order valence-corrected chi connectivity index (χ0v) is 20.0. The fraction of sp³-hybridized carbons (Fsp3) is 0.292. The first-order chi connectivity index (χ1) is 16.4. The van der Waals surface area contributed by atoms with Gasteiger partial charge in [-0.1, -0.05) is 24.3 Å². The summed E-state index contributed by atoms with van der Waals surface area (Å²) in [6.45, 7) is 1.96. The molecule has 34 heavy (non-hydrogen) atoms. The number of para-hydroxylation sites is 1. The Bertz CT molecular complexity index is 1480. The molecular weight excluding hydrogens is 498 g/mol. The summed E-state index contributed by atoms with van der Waals surface area (Å²) in [7, 11) is 0. The lowest BCUT2D eigenvalue weighted by atomic mass is 10.1. The summed E-state index contributed by atoms with van der Waals surface area (Å²) in [5, 5.41) is 4.57. The molecule has 1 aliphatic carbocycles. The number of anilines is 2. The van der Waals surface area contributed by atoms with Gasteiger partial charge in [-0.05, 0) is 59.3 Å². The number of benzene rings is 1. The van der Waals surface area contributed by atoms with Crippen LogP contribution in [0.1, 0.15) is 18.4 Å². The highest BCUT2D eigenvalue weighted by molar-refractivity contribution is 9.10. The normalized spacial score (nSPS) is 21.1. The van der Waals surface area contributed by atoms with Gasteiger partial charge in [-0.3, -0.25) is 9.59 Å². The Hall–Kier alpha value is -3.53. The van der Waals surface area contributed by atoms with Gasteiger partial charge in [-0.25, -0.2) is 15.0 Å². The molecule has 0 bridgehead atoms. The highest BCUT2D eigenvalue weighted by atomic mass is 79.9. The molecule has 2 aliphatic rings. The van der Waals surface area contributed by atoms with Crippen LogP contribution in [0.4, 0.5) is 11.6 Å². The molecule has 0 unspecified atom stereocenters. The monoisotopic (exact) mass is 519 g/mol. The molecule has 3 aromatic heterocycles. The fourth-order valence-electron chi connectivity index (χ4n) is 5.14. The predicted molar refractivity (Wildman–Crippen MR) is 132 cm³/mol. The van der Waals surface area contributed by atoms with Gasteiger partial charge < -0.3 is 20.5 Å². The van der Waals surface area contributed by atoms with Crippen molar-refractivity contribution in [1.29, 1.82) is 0 Å². The van der Waals surface area contributed by atoms with Gasteiger partial charge in [0, 0.05) is 11.4 Å². The zero-order valence-electron chi connectivity index (χ0n) is 18.4. The van der Waals surface area contributed by atoms with Crippen LogP contribution in [0.2, 0.25) is 0 Å². The van der Waals surface area contributed by atoms with Crippen LogP contribution in [0.5, 0.6) is 0 Å². The number of amides is 2. The molecule has 2 amide bonds. The van der Waals surface area contributed by atoms with Gasteiger partial charge in [0.05, 0.1) is 10.9 Å². The third-order valence-corrected chi connectivity index (χ3v) is 7.31. The number of nitrogen functional groups attached to an aromatic ring is 1. The molecule has 0 spiro atoms. The number of hydrogen-bond acceptors (Lipinski definition) is 6. The van der Waals surface area contributed by atoms with Crippen molar-refractivity contribution in [3.63, 3.8) is 0 Å². The summed E-state index contributed by atoms with van der Waals surface area (Å²) < 4.78 is 2.51. The molecule has 1 saturated heterocycles. The van der Waals surface area contributed by atoms with Crippen molar-refractivity contribution in [1.82, 2.24) is 24.4 Å². The largest absolute Gasteiger partial charge is 0.383 e. The van der Waals surface area contributed by atoms with E-state index in [1.807, 2.05) is 47.9 Å². The third kappa shape index (κ3) is 3.32. The van der Waals surface area contributed by atoms with Gasteiger partial charge in [0.1, 0.15) is 40.8 Å². The zero-order chi connectivity index (χ0) is 23.6. The SMILES string of the molecule is Cc1ccc(Br)nc1NC(=O)[C@@H]1C[C@H]2C[C@H]2N1C(=O)Cn1c2ccccc2c2c(N)ncnc21. The van der Waals surface area contributed by atoms with Crippen LogP contribution in [-0.2, 0) is 16.1 Å². The summed E-state index contributed by atoms with van der Waals surface area (Å²) in [6, 6.07) is 11.0. The van der Waals surface area contributed by atoms with Gasteiger partial charge >= 0.3 is 0 Å². The second kappa shape index (κ2) is 7.76. The molecule has 6 rings (SSSR count). The minimum atomic E-state index is -0.524. The van der Waals surface area contributed by atoms with Crippen molar-refractivity contribution >= 4 is 61.3 Å². The standard InChI is InChI=1S/C24H22BrN7O2/c1-12-6-7-18(25)29-22(12)30-24(34)17-9-13-8-16(13)32(17)19(33)10-31-15-5-3-2-4-14(15)20-21(26)27-11-28-23(20)31/h2-7,11,13,16-17H,8-10H2,1H3,(H2,26,27,28)(H,29,30,34)/t13-,16-,17+/m1/s1. The van der Waals surface area contributed by atoms with Crippen molar-refractivity contribution in [3.05, 3.63) is 52.9 Å². The summed E-state index contributed by atoms with van der Waals surface area (Å²) in [4.78, 5) is 41.6. The van der Waals surface area contributed by atoms with Gasteiger partial charge in [-0.15, -0.1) is 0 Å². The first kappa shape index (κ1) is 21.0. The number of aromatic nitrogens is 4. The molecule has 1 saturated carbocycles. The van der Waals surface area contributed by atoms with E-state index in [1.54, 1.807) is 4.90 Å². The number of carbonyl (C=O) groups excluding carboxylic acids is 2. The smallest absolute Gasteiger partial charge is 0.248 e. The van der Waals surface area contributed by atoms with Crippen molar-refractivity contribution in [3.8, 4) is 0 Å². The Morgan fingerprint density at radius 2 is 2.00 bits per heavy atom. The lowest BCUT2D eigenvalue weighted by Crippen LogP contribution is -2.46. The Labute approximate surface area is 203 Å². The van der Waals surface area contributed by atoms with Gasteiger partial charge in [0.15, 0.2) is 0 Å². The van der Waals surface area contributed by atoms with Crippen LogP contribution >= 0.6 is 15.9 Å². The molecule has 3 N–H and O–H groups in total. The second-order valence-electron chi connectivity index (χ2n) is 8.97. The number of rotatable bonds is 4. The molecular formula is C24H22BrN7O2. The molecule has 4 heterocycles. The molecule has 3 atom stereocenters. The van der Waals surface area contributed by atoms with Crippen molar-refractivity contribution in [2.24, 2.45) is 5.92 Å². The minimum Gasteiger partial charge on any atom is -0.383 e. The number of pyridine rings is 1. The average Bonchev–Trinajstić information content (AvgIpc) is 3.36. The Kier molecular flexibility index (Phi) is 4.80. The highest BCUT2D eigenvalue weighted by Crippen LogP contribution is 2.48. The summed E-state index contributed by atoms with van der Waals surface area (Å²) >= 11 is 3.35. The number of likely N-dealkylation sites (tertiary alicyclic amines) is 1. The van der Waals surface area contributed by atoms with Gasteiger partial charge in [0.2, 0.25) is 11.8 Å². The quantitative estimate of drug-likeness (QED) is 0.399. The molecule has 1 aromatic carbocycles. The van der Waals surface area contributed by atoms with E-state index < -0.39 is 6.04 Å². The van der Waals surface area contributed by atoms with Crippen LogP contribution in [0.3, 0.4) is 0 Å². The minimum absolute atomic E-state index is 0.0711. The molecule has 1 aliphatic heterocycles. The Morgan fingerprint density at radius 1 is 1.18 bits per heavy atom. The van der Waals surface area contributed by atoms with Crippen molar-refractivity contribution in [2.45, 2.75) is 38.4 Å². The topological polar surface area (TPSA) is 119 Å². The van der Waals surface area contributed by atoms with E-state index in [-0.39, 0.29) is 24.4 Å². The van der Waals surface area contributed by atoms with E-state index >= 15 is 0 Å². The molecule has 9 nitrogen and oxygen atoms in total. The number of aryl methyl sites for hydroxylation is 1. The average molecular weight is 520 g/mol. The van der Waals surface area contributed by atoms with Crippen LogP contribution in [0.25, 0.3) is 21.9 Å². The first-order valence-electron chi connectivity index (χ1n) is 11.1. The predicted octanol–water partition coefficient (Wildman–Crippen LogP) is 3.26. The number of halogens is 1. The van der Waals surface area contributed by atoms with Crippen LogP contribution in [-0.4, -0.2) is 48.3 Å². The molecule has 172 valence electrons. The number of nitrogens with two attached hydrogens (primary N) is 1. The van der Waals surface area contributed by atoms with E-state index in [9.17, 15) is 9.59 Å². The maximum Gasteiger partial charge on any atom is 0.248 e. The number of carbonyl (C=O) groups is 2. The van der Waals surface area contributed by atoms with E-state index in [0.29, 0.717) is 34.2 Å². The summed E-state index contributed by atoms with van der Waals surface area (Å²) in [5.41, 5.74) is 8.49. The summed E-state index contributed by atoms with van der Waals surface area (Å²) in [6.07, 6.45) is 3.01. The maximum absolute atomic E-state index is 13.6. The van der Waals surface area contributed by atoms with Crippen LogP contribution in [0, 0.1) is 12.8 Å². The molecule has 4 aromatic rings. The second-order valence-corrected chi connectivity index (χ2v) is 9.78. The molecule has 10 heteroatoms. The van der Waals surface area contributed by atoms with Crippen molar-refractivity contribution in [2.75, 3.05) is 11.1 Å². The molecule has 0 radical (unpaired) electrons. The lowest BCUT2D eigenvalue weighted by molar-refractivity contribution is -0.138. The van der Waals surface area contributed by atoms with Crippen molar-refractivity contribution < 1.29 is 9.59 Å². The summed E-state index contributed by atoms with van der Waals surface area (Å²) in [5.74, 6) is 0.936. The van der Waals surface area contributed by atoms with E-state index in [4.69, 9.17) is 5.73 Å². The number of nitrogens with zero attached hydrogens (tertiary/aromatic N) is 5. The first-order valence-corrected chi connectivity index (χ1v) is 11.9. The lowest BCUT2D eigenvalue weighted by Gasteiger charge is -2.27. The number of hydrogen-bond donors (Lipinski definition) is 2. The van der Waals surface area contributed by atoms with E-state index in [1.165, 1.54) is 6.33 Å². The van der Waals surface area contributed by atoms with Crippen LogP contribution < -0.4 is 11.1 Å². The van der Waals surface area contributed by atoms with Gasteiger partial charge in [0.25, 0.3) is 0 Å². The number of nitrogens with one attached hydrogen (secondary N) is 1. The third-order valence-electron chi connectivity index (χ3n) is 6.87. The molecule has 2 fully saturated rings. The Morgan fingerprint density at radius 3 is 2.85 bits per heavy atom. The van der Waals surface area contributed by atoms with E-state index in [0.717, 1.165) is 28.3 Å². The number of piperidine rings is 1. The van der Waals surface area contributed by atoms with Gasteiger partial charge in [-0.2, -0.15) is 0 Å². The fourth-order valence-corrected chi connectivity index (χ4v) is 5.45. The highest BCUT2D eigenvalue weighted by Gasteiger charge is 2.56. The van der Waals surface area contributed by atoms with Crippen LogP contribution in [0.15, 0.2) is 47.3 Å². The number of fused-ring (bicyclic) bond motifs is 4. The maximum atomic E-state index is 13.6. The van der Waals surface area contributed by atoms with E-state index in [2.05, 4.69) is 36.2 Å².